The summed E-state index contributed by atoms with van der Waals surface area (Å²) in [5.41, 5.74) is 0. The SMILES string of the molecule is CN=C(NCCN(CCOC)C1CC1)N1CCC(Oc2ccccc2)CC1.I. The molecule has 3 rings (SSSR count). The Kier molecular flexibility index (Phi) is 10.4. The Labute approximate surface area is 186 Å². The van der Waals surface area contributed by atoms with Gasteiger partial charge in [-0.15, -0.1) is 24.0 Å². The van der Waals surface area contributed by atoms with E-state index in [9.17, 15) is 0 Å². The van der Waals surface area contributed by atoms with Crippen LogP contribution in [-0.4, -0.2) is 81.4 Å². The van der Waals surface area contributed by atoms with E-state index in [4.69, 9.17) is 9.47 Å². The van der Waals surface area contributed by atoms with Crippen LogP contribution >= 0.6 is 24.0 Å². The highest BCUT2D eigenvalue weighted by atomic mass is 127. The highest BCUT2D eigenvalue weighted by molar-refractivity contribution is 14.0. The lowest BCUT2D eigenvalue weighted by Gasteiger charge is -2.34. The van der Waals surface area contributed by atoms with Gasteiger partial charge >= 0.3 is 0 Å². The third kappa shape index (κ3) is 7.40. The number of guanidine groups is 1. The van der Waals surface area contributed by atoms with Crippen LogP contribution in [0.5, 0.6) is 5.75 Å². The molecule has 0 radical (unpaired) electrons. The fourth-order valence-electron chi connectivity index (χ4n) is 3.65. The molecular weight excluding hydrogens is 467 g/mol. The minimum Gasteiger partial charge on any atom is -0.490 e. The molecule has 1 N–H and O–H groups in total. The van der Waals surface area contributed by atoms with Gasteiger partial charge in [0.05, 0.1) is 6.61 Å². The van der Waals surface area contributed by atoms with Crippen molar-refractivity contribution in [1.82, 2.24) is 15.1 Å². The molecule has 1 aliphatic heterocycles. The number of methoxy groups -OCH3 is 1. The summed E-state index contributed by atoms with van der Waals surface area (Å²) in [6.07, 6.45) is 5.00. The Morgan fingerprint density at radius 2 is 1.86 bits per heavy atom. The zero-order chi connectivity index (χ0) is 18.9. The maximum absolute atomic E-state index is 6.09. The smallest absolute Gasteiger partial charge is 0.193 e. The number of ether oxygens (including phenoxy) is 2. The van der Waals surface area contributed by atoms with Crippen LogP contribution in [0.15, 0.2) is 35.3 Å². The first-order valence-corrected chi connectivity index (χ1v) is 10.2. The van der Waals surface area contributed by atoms with Gasteiger partial charge in [0.1, 0.15) is 11.9 Å². The number of likely N-dealkylation sites (tertiary alicyclic amines) is 1. The van der Waals surface area contributed by atoms with Gasteiger partial charge in [-0.1, -0.05) is 18.2 Å². The van der Waals surface area contributed by atoms with E-state index >= 15 is 0 Å². The highest BCUT2D eigenvalue weighted by Gasteiger charge is 2.28. The molecule has 0 amide bonds. The summed E-state index contributed by atoms with van der Waals surface area (Å²) in [6.45, 7) is 5.75. The van der Waals surface area contributed by atoms with Gasteiger partial charge in [0, 0.05) is 65.8 Å². The number of piperidine rings is 1. The number of aliphatic imine (C=N–C) groups is 1. The molecule has 1 aromatic carbocycles. The second kappa shape index (κ2) is 12.5. The van der Waals surface area contributed by atoms with Crippen molar-refractivity contribution in [3.05, 3.63) is 30.3 Å². The van der Waals surface area contributed by atoms with Gasteiger partial charge in [0.25, 0.3) is 0 Å². The van der Waals surface area contributed by atoms with Crippen LogP contribution in [0, 0.1) is 0 Å². The second-order valence-electron chi connectivity index (χ2n) is 7.35. The molecule has 28 heavy (non-hydrogen) atoms. The molecule has 158 valence electrons. The quantitative estimate of drug-likeness (QED) is 0.320. The molecular formula is C21H35IN4O2. The normalized spacial score (nSPS) is 18.1. The molecule has 0 atom stereocenters. The summed E-state index contributed by atoms with van der Waals surface area (Å²) in [7, 11) is 3.65. The van der Waals surface area contributed by atoms with Crippen molar-refractivity contribution in [3.63, 3.8) is 0 Å². The van der Waals surface area contributed by atoms with Crippen molar-refractivity contribution in [2.75, 3.05) is 53.5 Å². The van der Waals surface area contributed by atoms with E-state index in [0.717, 1.165) is 69.9 Å². The summed E-state index contributed by atoms with van der Waals surface area (Å²) in [6, 6.07) is 10.9. The summed E-state index contributed by atoms with van der Waals surface area (Å²) in [5.74, 6) is 1.98. The standard InChI is InChI=1S/C21H34N4O2.HI/c1-22-21(23-12-15-24(16-17-26-2)18-8-9-18)25-13-10-20(11-14-25)27-19-6-4-3-5-7-19;/h3-7,18,20H,8-17H2,1-2H3,(H,22,23);1H. The first-order chi connectivity index (χ1) is 13.3. The molecule has 2 aliphatic rings. The van der Waals surface area contributed by atoms with E-state index in [-0.39, 0.29) is 24.0 Å². The van der Waals surface area contributed by atoms with Crippen LogP contribution < -0.4 is 10.1 Å². The minimum atomic E-state index is 0. The Morgan fingerprint density at radius 3 is 2.46 bits per heavy atom. The maximum Gasteiger partial charge on any atom is 0.193 e. The number of hydrogen-bond acceptors (Lipinski definition) is 4. The van der Waals surface area contributed by atoms with Crippen molar-refractivity contribution in [2.24, 2.45) is 4.99 Å². The Balaban J connectivity index is 0.00000280. The summed E-state index contributed by atoms with van der Waals surface area (Å²) >= 11 is 0. The van der Waals surface area contributed by atoms with Crippen molar-refractivity contribution in [1.29, 1.82) is 0 Å². The maximum atomic E-state index is 6.09. The molecule has 1 saturated heterocycles. The number of benzene rings is 1. The van der Waals surface area contributed by atoms with Crippen LogP contribution in [0.3, 0.4) is 0 Å². The Hall–Kier alpha value is -1.06. The predicted octanol–water partition coefficient (Wildman–Crippen LogP) is 2.83. The molecule has 1 saturated carbocycles. The molecule has 0 unspecified atom stereocenters. The lowest BCUT2D eigenvalue weighted by molar-refractivity contribution is 0.129. The predicted molar refractivity (Wildman–Crippen MR) is 125 cm³/mol. The molecule has 0 bridgehead atoms. The monoisotopic (exact) mass is 502 g/mol. The first-order valence-electron chi connectivity index (χ1n) is 10.2. The average molecular weight is 502 g/mol. The summed E-state index contributed by atoms with van der Waals surface area (Å²) in [4.78, 5) is 9.37. The zero-order valence-corrected chi connectivity index (χ0v) is 19.5. The Bertz CT molecular complexity index is 575. The number of nitrogens with zero attached hydrogens (tertiary/aromatic N) is 3. The van der Waals surface area contributed by atoms with Gasteiger partial charge in [0.2, 0.25) is 0 Å². The topological polar surface area (TPSA) is 49.3 Å². The van der Waals surface area contributed by atoms with Crippen LogP contribution in [-0.2, 0) is 4.74 Å². The number of nitrogens with one attached hydrogen (secondary N) is 1. The second-order valence-corrected chi connectivity index (χ2v) is 7.35. The third-order valence-corrected chi connectivity index (χ3v) is 5.33. The van der Waals surface area contributed by atoms with Gasteiger partial charge in [0.15, 0.2) is 5.96 Å². The van der Waals surface area contributed by atoms with Gasteiger partial charge in [-0.3, -0.25) is 9.89 Å². The van der Waals surface area contributed by atoms with E-state index in [0.29, 0.717) is 6.10 Å². The van der Waals surface area contributed by atoms with Crippen molar-refractivity contribution >= 4 is 29.9 Å². The van der Waals surface area contributed by atoms with E-state index in [1.807, 2.05) is 37.4 Å². The van der Waals surface area contributed by atoms with Crippen molar-refractivity contribution < 1.29 is 9.47 Å². The third-order valence-electron chi connectivity index (χ3n) is 5.33. The van der Waals surface area contributed by atoms with Gasteiger partial charge in [-0.2, -0.15) is 0 Å². The summed E-state index contributed by atoms with van der Waals surface area (Å²) < 4.78 is 11.3. The van der Waals surface area contributed by atoms with Crippen LogP contribution in [0.2, 0.25) is 0 Å². The highest BCUT2D eigenvalue weighted by Crippen LogP contribution is 2.26. The molecule has 6 nitrogen and oxygen atoms in total. The molecule has 2 fully saturated rings. The minimum absolute atomic E-state index is 0. The molecule has 1 aliphatic carbocycles. The number of rotatable bonds is 9. The number of halogens is 1. The fourth-order valence-corrected chi connectivity index (χ4v) is 3.65. The van der Waals surface area contributed by atoms with Crippen LogP contribution in [0.1, 0.15) is 25.7 Å². The van der Waals surface area contributed by atoms with Gasteiger partial charge in [-0.05, 0) is 25.0 Å². The van der Waals surface area contributed by atoms with E-state index in [1.54, 1.807) is 7.11 Å². The van der Waals surface area contributed by atoms with E-state index in [1.165, 1.54) is 12.8 Å². The average Bonchev–Trinajstić information content (AvgIpc) is 3.54. The lowest BCUT2D eigenvalue weighted by atomic mass is 10.1. The van der Waals surface area contributed by atoms with E-state index < -0.39 is 0 Å². The van der Waals surface area contributed by atoms with Gasteiger partial charge in [-0.25, -0.2) is 0 Å². The van der Waals surface area contributed by atoms with E-state index in [2.05, 4.69) is 20.1 Å². The molecule has 7 heteroatoms. The largest absolute Gasteiger partial charge is 0.490 e. The number of hydrogen-bond donors (Lipinski definition) is 1. The lowest BCUT2D eigenvalue weighted by Crippen LogP contribution is -2.49. The molecule has 0 spiro atoms. The summed E-state index contributed by atoms with van der Waals surface area (Å²) in [5, 5.41) is 3.55. The Morgan fingerprint density at radius 1 is 1.14 bits per heavy atom. The van der Waals surface area contributed by atoms with Crippen molar-refractivity contribution in [2.45, 2.75) is 37.8 Å². The van der Waals surface area contributed by atoms with Crippen LogP contribution in [0.25, 0.3) is 0 Å². The fraction of sp³-hybridized carbons (Fsp3) is 0.667. The number of para-hydroxylation sites is 1. The first kappa shape index (κ1) is 23.2. The molecule has 1 aromatic rings. The molecule has 1 heterocycles. The zero-order valence-electron chi connectivity index (χ0n) is 17.2. The van der Waals surface area contributed by atoms with Crippen LogP contribution in [0.4, 0.5) is 0 Å². The van der Waals surface area contributed by atoms with Gasteiger partial charge < -0.3 is 19.7 Å². The van der Waals surface area contributed by atoms with Crippen molar-refractivity contribution in [3.8, 4) is 5.75 Å². The molecule has 0 aromatic heterocycles.